The van der Waals surface area contributed by atoms with Gasteiger partial charge in [-0.1, -0.05) is 19.1 Å². The number of carboxylic acid groups (broad SMARTS) is 1. The summed E-state index contributed by atoms with van der Waals surface area (Å²) in [7, 11) is 0. The number of nitrogens with one attached hydrogen (secondary N) is 1. The van der Waals surface area contributed by atoms with Gasteiger partial charge in [0, 0.05) is 39.3 Å². The molecule has 2 N–H and O–H groups in total. The lowest BCUT2D eigenvalue weighted by atomic mass is 10.1. The number of ether oxygens (including phenoxy) is 3. The molecule has 0 fully saturated rings. The minimum absolute atomic E-state index is 0.109. The molecule has 0 aliphatic heterocycles. The smallest absolute Gasteiger partial charge is 0.333 e. The van der Waals surface area contributed by atoms with Crippen molar-refractivity contribution in [2.24, 2.45) is 0 Å². The van der Waals surface area contributed by atoms with Crippen molar-refractivity contribution in [1.82, 2.24) is 10.2 Å². The van der Waals surface area contributed by atoms with Crippen LogP contribution in [-0.4, -0.2) is 74.2 Å². The molecule has 8 nitrogen and oxygen atoms in total. The van der Waals surface area contributed by atoms with Gasteiger partial charge in [0.1, 0.15) is 12.4 Å². The second-order valence-corrected chi connectivity index (χ2v) is 6.77. The number of urea groups is 1. The summed E-state index contributed by atoms with van der Waals surface area (Å²) in [6.07, 6.45) is 1.20. The monoisotopic (exact) mass is 424 g/mol. The molecule has 2 amide bonds. The predicted molar refractivity (Wildman–Crippen MR) is 115 cm³/mol. The number of hydrogen-bond acceptors (Lipinski definition) is 5. The summed E-state index contributed by atoms with van der Waals surface area (Å²) in [4.78, 5) is 25.1. The molecular weight excluding hydrogens is 388 g/mol. The number of hydrogen-bond donors (Lipinski definition) is 2. The molecular formula is C22H36N2O6. The molecule has 1 rings (SSSR count). The molecule has 0 saturated heterocycles. The Morgan fingerprint density at radius 3 is 2.40 bits per heavy atom. The van der Waals surface area contributed by atoms with Crippen LogP contribution in [0.1, 0.15) is 39.2 Å². The number of benzene rings is 1. The lowest BCUT2D eigenvalue weighted by Crippen LogP contribution is -2.42. The zero-order chi connectivity index (χ0) is 22.2. The van der Waals surface area contributed by atoms with E-state index < -0.39 is 12.1 Å². The van der Waals surface area contributed by atoms with Crippen molar-refractivity contribution in [2.45, 2.75) is 46.1 Å². The van der Waals surface area contributed by atoms with E-state index in [0.29, 0.717) is 51.6 Å². The van der Waals surface area contributed by atoms with Gasteiger partial charge in [-0.2, -0.15) is 0 Å². The van der Waals surface area contributed by atoms with Crippen LogP contribution in [0, 0.1) is 0 Å². The maximum Gasteiger partial charge on any atom is 0.333 e. The first-order valence-corrected chi connectivity index (χ1v) is 10.7. The van der Waals surface area contributed by atoms with Gasteiger partial charge in [0.25, 0.3) is 0 Å². The molecule has 1 aromatic rings. The lowest BCUT2D eigenvalue weighted by molar-refractivity contribution is -0.149. The van der Waals surface area contributed by atoms with E-state index in [4.69, 9.17) is 14.2 Å². The van der Waals surface area contributed by atoms with Gasteiger partial charge in [0.05, 0.1) is 6.54 Å². The van der Waals surface area contributed by atoms with Gasteiger partial charge in [-0.25, -0.2) is 9.59 Å². The van der Waals surface area contributed by atoms with E-state index in [1.807, 2.05) is 19.1 Å². The Morgan fingerprint density at radius 1 is 1.07 bits per heavy atom. The van der Waals surface area contributed by atoms with Crippen LogP contribution in [-0.2, 0) is 20.7 Å². The molecule has 0 heterocycles. The molecule has 0 aromatic heterocycles. The van der Waals surface area contributed by atoms with E-state index in [9.17, 15) is 14.7 Å². The highest BCUT2D eigenvalue weighted by molar-refractivity contribution is 5.74. The Balaban J connectivity index is 2.48. The minimum atomic E-state index is -0.970. The van der Waals surface area contributed by atoms with Crippen LogP contribution < -0.4 is 10.1 Å². The quantitative estimate of drug-likeness (QED) is 0.396. The van der Waals surface area contributed by atoms with Crippen LogP contribution in [0.15, 0.2) is 24.3 Å². The van der Waals surface area contributed by atoms with Crippen molar-refractivity contribution in [3.8, 4) is 5.75 Å². The highest BCUT2D eigenvalue weighted by atomic mass is 16.5. The Hall–Kier alpha value is -2.32. The van der Waals surface area contributed by atoms with E-state index >= 15 is 0 Å². The van der Waals surface area contributed by atoms with Crippen molar-refractivity contribution < 1.29 is 28.9 Å². The fourth-order valence-electron chi connectivity index (χ4n) is 2.81. The molecule has 1 unspecified atom stereocenters. The summed E-state index contributed by atoms with van der Waals surface area (Å²) >= 11 is 0. The van der Waals surface area contributed by atoms with E-state index in [0.717, 1.165) is 25.0 Å². The van der Waals surface area contributed by atoms with Gasteiger partial charge in [-0.15, -0.1) is 0 Å². The zero-order valence-electron chi connectivity index (χ0n) is 18.4. The third kappa shape index (κ3) is 10.5. The van der Waals surface area contributed by atoms with Crippen LogP contribution in [0.2, 0.25) is 0 Å². The molecule has 1 atom stereocenters. The van der Waals surface area contributed by atoms with Gasteiger partial charge in [0.15, 0.2) is 6.10 Å². The zero-order valence-corrected chi connectivity index (χ0v) is 18.4. The highest BCUT2D eigenvalue weighted by Crippen LogP contribution is 2.14. The first-order valence-electron chi connectivity index (χ1n) is 10.7. The van der Waals surface area contributed by atoms with Gasteiger partial charge < -0.3 is 29.5 Å². The summed E-state index contributed by atoms with van der Waals surface area (Å²) in [5.41, 5.74) is 0.860. The second kappa shape index (κ2) is 15.5. The van der Waals surface area contributed by atoms with Crippen molar-refractivity contribution >= 4 is 12.0 Å². The van der Waals surface area contributed by atoms with Crippen LogP contribution in [0.4, 0.5) is 4.79 Å². The molecule has 1 aromatic carbocycles. The molecule has 8 heteroatoms. The third-order valence-electron chi connectivity index (χ3n) is 4.30. The number of carbonyl (C=O) groups excluding carboxylic acids is 1. The van der Waals surface area contributed by atoms with Crippen molar-refractivity contribution in [2.75, 3.05) is 46.1 Å². The molecule has 170 valence electrons. The first-order chi connectivity index (χ1) is 14.5. The summed E-state index contributed by atoms with van der Waals surface area (Å²) in [6.45, 7) is 9.45. The SMILES string of the molecule is CCCOCCCN(CCOc1ccc(CC(OCC)C(=O)O)cc1)C(=O)NCC. The fraction of sp³-hybridized carbons (Fsp3) is 0.636. The first kappa shape index (κ1) is 25.7. The van der Waals surface area contributed by atoms with Gasteiger partial charge in [0.2, 0.25) is 0 Å². The largest absolute Gasteiger partial charge is 0.492 e. The number of nitrogens with zero attached hydrogens (tertiary/aromatic N) is 1. The van der Waals surface area contributed by atoms with Crippen LogP contribution in [0.3, 0.4) is 0 Å². The summed E-state index contributed by atoms with van der Waals surface area (Å²) in [5, 5.41) is 12.0. The Bertz CT molecular complexity index is 608. The van der Waals surface area contributed by atoms with Gasteiger partial charge in [-0.05, 0) is 44.4 Å². The molecule has 0 bridgehead atoms. The normalized spacial score (nSPS) is 11.7. The van der Waals surface area contributed by atoms with E-state index in [1.165, 1.54) is 0 Å². The second-order valence-electron chi connectivity index (χ2n) is 6.77. The molecule has 0 saturated carbocycles. The maximum atomic E-state index is 12.2. The Kier molecular flexibility index (Phi) is 13.3. The van der Waals surface area contributed by atoms with Crippen molar-refractivity contribution in [3.05, 3.63) is 29.8 Å². The van der Waals surface area contributed by atoms with Crippen LogP contribution in [0.25, 0.3) is 0 Å². The highest BCUT2D eigenvalue weighted by Gasteiger charge is 2.18. The minimum Gasteiger partial charge on any atom is -0.492 e. The number of aliphatic carboxylic acids is 1. The fourth-order valence-corrected chi connectivity index (χ4v) is 2.81. The molecule has 0 spiro atoms. The molecule has 30 heavy (non-hydrogen) atoms. The average molecular weight is 425 g/mol. The van der Waals surface area contributed by atoms with Gasteiger partial charge in [-0.3, -0.25) is 0 Å². The van der Waals surface area contributed by atoms with Gasteiger partial charge >= 0.3 is 12.0 Å². The predicted octanol–water partition coefficient (Wildman–Crippen LogP) is 2.95. The standard InChI is InChI=1S/C22H36N2O6/c1-4-14-28-15-7-12-24(22(27)23-5-2)13-16-30-19-10-8-18(9-11-19)17-20(21(25)26)29-6-3/h8-11,20H,4-7,12-17H2,1-3H3,(H,23,27)(H,25,26). The number of carbonyl (C=O) groups is 2. The van der Waals surface area contributed by atoms with E-state index in [2.05, 4.69) is 12.2 Å². The van der Waals surface area contributed by atoms with Crippen molar-refractivity contribution in [3.63, 3.8) is 0 Å². The number of carboxylic acids is 1. The molecule has 0 aliphatic carbocycles. The lowest BCUT2D eigenvalue weighted by Gasteiger charge is -2.23. The van der Waals surface area contributed by atoms with E-state index in [1.54, 1.807) is 24.0 Å². The summed E-state index contributed by atoms with van der Waals surface area (Å²) in [5.74, 6) is -0.299. The van der Waals surface area contributed by atoms with Crippen LogP contribution in [0.5, 0.6) is 5.75 Å². The van der Waals surface area contributed by atoms with E-state index in [-0.39, 0.29) is 6.03 Å². The average Bonchev–Trinajstić information content (AvgIpc) is 2.73. The molecule has 0 radical (unpaired) electrons. The summed E-state index contributed by atoms with van der Waals surface area (Å²) < 4.78 is 16.5. The number of rotatable bonds is 16. The maximum absolute atomic E-state index is 12.2. The summed E-state index contributed by atoms with van der Waals surface area (Å²) in [6, 6.07) is 7.15. The Morgan fingerprint density at radius 2 is 1.80 bits per heavy atom. The number of amides is 2. The Labute approximate surface area is 179 Å². The van der Waals surface area contributed by atoms with Crippen LogP contribution >= 0.6 is 0 Å². The topological polar surface area (TPSA) is 97.3 Å². The third-order valence-corrected chi connectivity index (χ3v) is 4.30. The van der Waals surface area contributed by atoms with Crippen molar-refractivity contribution in [1.29, 1.82) is 0 Å². The molecule has 0 aliphatic rings.